The van der Waals surface area contributed by atoms with Gasteiger partial charge in [-0.15, -0.1) is 10.2 Å². The predicted molar refractivity (Wildman–Crippen MR) is 73.8 cm³/mol. The standard InChI is InChI=1S/C14H18N4O2/c1-3-17-8-7-10(9-17)13-16-15-12-6-4-5-11(18(12)13)14(19)20-2/h4-6,10H,3,7-9H2,1-2H3. The highest BCUT2D eigenvalue weighted by Gasteiger charge is 2.28. The maximum atomic E-state index is 11.9. The van der Waals surface area contributed by atoms with E-state index < -0.39 is 0 Å². The number of carbonyl (C=O) groups excluding carboxylic acids is 1. The average Bonchev–Trinajstić information content (AvgIpc) is 3.11. The number of carbonyl (C=O) groups is 1. The number of hydrogen-bond donors (Lipinski definition) is 0. The number of methoxy groups -OCH3 is 1. The van der Waals surface area contributed by atoms with Crippen LogP contribution < -0.4 is 0 Å². The number of nitrogens with zero attached hydrogens (tertiary/aromatic N) is 4. The molecule has 1 fully saturated rings. The number of aromatic nitrogens is 3. The van der Waals surface area contributed by atoms with E-state index in [1.807, 2.05) is 10.5 Å². The molecule has 2 aromatic rings. The van der Waals surface area contributed by atoms with Gasteiger partial charge in [0.25, 0.3) is 0 Å². The van der Waals surface area contributed by atoms with Gasteiger partial charge in [-0.2, -0.15) is 0 Å². The Bertz CT molecular complexity index is 637. The van der Waals surface area contributed by atoms with E-state index >= 15 is 0 Å². The molecule has 0 spiro atoms. The highest BCUT2D eigenvalue weighted by Crippen LogP contribution is 2.26. The van der Waals surface area contributed by atoms with Crippen LogP contribution in [-0.4, -0.2) is 52.2 Å². The van der Waals surface area contributed by atoms with Crippen LogP contribution in [-0.2, 0) is 4.74 Å². The smallest absolute Gasteiger partial charge is 0.355 e. The van der Waals surface area contributed by atoms with Crippen LogP contribution in [0.3, 0.4) is 0 Å². The lowest BCUT2D eigenvalue weighted by Gasteiger charge is -2.13. The molecule has 1 unspecified atom stereocenters. The van der Waals surface area contributed by atoms with E-state index in [0.29, 0.717) is 17.3 Å². The van der Waals surface area contributed by atoms with Gasteiger partial charge in [-0.1, -0.05) is 13.0 Å². The summed E-state index contributed by atoms with van der Waals surface area (Å²) in [6.07, 6.45) is 1.05. The highest BCUT2D eigenvalue weighted by atomic mass is 16.5. The zero-order valence-corrected chi connectivity index (χ0v) is 11.7. The van der Waals surface area contributed by atoms with Crippen molar-refractivity contribution in [2.75, 3.05) is 26.7 Å². The van der Waals surface area contributed by atoms with Gasteiger partial charge in [0.2, 0.25) is 0 Å². The van der Waals surface area contributed by atoms with Gasteiger partial charge in [0.15, 0.2) is 5.65 Å². The Morgan fingerprint density at radius 2 is 2.30 bits per heavy atom. The lowest BCUT2D eigenvalue weighted by atomic mass is 10.1. The van der Waals surface area contributed by atoms with Crippen molar-refractivity contribution in [1.82, 2.24) is 19.5 Å². The lowest BCUT2D eigenvalue weighted by molar-refractivity contribution is 0.0591. The van der Waals surface area contributed by atoms with Crippen LogP contribution in [0.25, 0.3) is 5.65 Å². The second-order valence-corrected chi connectivity index (χ2v) is 5.03. The first kappa shape index (κ1) is 13.1. The van der Waals surface area contributed by atoms with Crippen molar-refractivity contribution < 1.29 is 9.53 Å². The third kappa shape index (κ3) is 2.06. The van der Waals surface area contributed by atoms with Gasteiger partial charge in [0, 0.05) is 12.5 Å². The predicted octanol–water partition coefficient (Wildman–Crippen LogP) is 1.33. The van der Waals surface area contributed by atoms with Crippen LogP contribution in [0.5, 0.6) is 0 Å². The number of pyridine rings is 1. The lowest BCUT2D eigenvalue weighted by Crippen LogP contribution is -2.20. The van der Waals surface area contributed by atoms with Crippen LogP contribution in [0, 0.1) is 0 Å². The third-order valence-corrected chi connectivity index (χ3v) is 3.93. The summed E-state index contributed by atoms with van der Waals surface area (Å²) in [4.78, 5) is 14.3. The number of rotatable bonds is 3. The molecule has 6 nitrogen and oxygen atoms in total. The normalized spacial score (nSPS) is 19.6. The van der Waals surface area contributed by atoms with Crippen LogP contribution in [0.4, 0.5) is 0 Å². The Kier molecular flexibility index (Phi) is 3.40. The number of hydrogen-bond acceptors (Lipinski definition) is 5. The summed E-state index contributed by atoms with van der Waals surface area (Å²) in [5, 5.41) is 8.48. The Balaban J connectivity index is 2.06. The van der Waals surface area contributed by atoms with E-state index in [1.54, 1.807) is 12.1 Å². The summed E-state index contributed by atoms with van der Waals surface area (Å²) in [6, 6.07) is 5.40. The van der Waals surface area contributed by atoms with Crippen molar-refractivity contribution in [2.24, 2.45) is 0 Å². The quantitative estimate of drug-likeness (QED) is 0.790. The van der Waals surface area contributed by atoms with E-state index in [2.05, 4.69) is 22.0 Å². The molecule has 0 saturated carbocycles. The van der Waals surface area contributed by atoms with Gasteiger partial charge in [0.05, 0.1) is 7.11 Å². The number of esters is 1. The fourth-order valence-corrected chi connectivity index (χ4v) is 2.82. The summed E-state index contributed by atoms with van der Waals surface area (Å²) < 4.78 is 6.68. The van der Waals surface area contributed by atoms with E-state index in [0.717, 1.165) is 31.9 Å². The highest BCUT2D eigenvalue weighted by molar-refractivity contribution is 5.88. The van der Waals surface area contributed by atoms with Crippen LogP contribution in [0.1, 0.15) is 35.6 Å². The van der Waals surface area contributed by atoms with Gasteiger partial charge in [-0.25, -0.2) is 4.79 Å². The largest absolute Gasteiger partial charge is 0.464 e. The molecule has 3 heterocycles. The maximum Gasteiger partial charge on any atom is 0.355 e. The molecule has 0 bridgehead atoms. The molecule has 2 aromatic heterocycles. The molecule has 0 amide bonds. The zero-order chi connectivity index (χ0) is 14.1. The summed E-state index contributed by atoms with van der Waals surface area (Å²) >= 11 is 0. The average molecular weight is 274 g/mol. The summed E-state index contributed by atoms with van der Waals surface area (Å²) in [7, 11) is 1.39. The molecule has 1 aliphatic rings. The minimum absolute atomic E-state index is 0.316. The first-order chi connectivity index (χ1) is 9.74. The molecule has 20 heavy (non-hydrogen) atoms. The van der Waals surface area contributed by atoms with Crippen molar-refractivity contribution in [3.05, 3.63) is 29.7 Å². The molecular formula is C14H18N4O2. The van der Waals surface area contributed by atoms with E-state index in [1.165, 1.54) is 7.11 Å². The van der Waals surface area contributed by atoms with Crippen molar-refractivity contribution in [2.45, 2.75) is 19.3 Å². The summed E-state index contributed by atoms with van der Waals surface area (Å²) in [6.45, 7) is 5.23. The van der Waals surface area contributed by atoms with E-state index in [4.69, 9.17) is 4.74 Å². The second-order valence-electron chi connectivity index (χ2n) is 5.03. The minimum Gasteiger partial charge on any atom is -0.464 e. The molecule has 0 radical (unpaired) electrons. The first-order valence-electron chi connectivity index (χ1n) is 6.89. The molecule has 106 valence electrons. The first-order valence-corrected chi connectivity index (χ1v) is 6.89. The summed E-state index contributed by atoms with van der Waals surface area (Å²) in [5.74, 6) is 0.815. The molecule has 1 atom stereocenters. The summed E-state index contributed by atoms with van der Waals surface area (Å²) in [5.41, 5.74) is 1.18. The number of likely N-dealkylation sites (N-methyl/N-ethyl adjacent to an activating group) is 1. The van der Waals surface area contributed by atoms with Crippen molar-refractivity contribution in [3.63, 3.8) is 0 Å². The molecule has 1 saturated heterocycles. The minimum atomic E-state index is -0.359. The number of ether oxygens (including phenoxy) is 1. The zero-order valence-electron chi connectivity index (χ0n) is 11.7. The van der Waals surface area contributed by atoms with Gasteiger partial charge < -0.3 is 9.64 Å². The van der Waals surface area contributed by atoms with Crippen LogP contribution in [0.2, 0.25) is 0 Å². The van der Waals surface area contributed by atoms with Gasteiger partial charge in [-0.3, -0.25) is 4.40 Å². The Morgan fingerprint density at radius 1 is 1.45 bits per heavy atom. The second kappa shape index (κ2) is 5.20. The van der Waals surface area contributed by atoms with Crippen LogP contribution >= 0.6 is 0 Å². The molecule has 1 aliphatic heterocycles. The SMILES string of the molecule is CCN1CCC(c2nnc3cccc(C(=O)OC)n23)C1. The molecule has 0 aromatic carbocycles. The topological polar surface area (TPSA) is 59.7 Å². The fourth-order valence-electron chi connectivity index (χ4n) is 2.82. The molecule has 0 N–H and O–H groups in total. The Hall–Kier alpha value is -1.95. The van der Waals surface area contributed by atoms with E-state index in [-0.39, 0.29) is 5.97 Å². The third-order valence-electron chi connectivity index (χ3n) is 3.93. The van der Waals surface area contributed by atoms with E-state index in [9.17, 15) is 4.79 Å². The monoisotopic (exact) mass is 274 g/mol. The number of likely N-dealkylation sites (tertiary alicyclic amines) is 1. The van der Waals surface area contributed by atoms with Crippen molar-refractivity contribution >= 4 is 11.6 Å². The molecule has 0 aliphatic carbocycles. The van der Waals surface area contributed by atoms with Crippen LogP contribution in [0.15, 0.2) is 18.2 Å². The van der Waals surface area contributed by atoms with Crippen molar-refractivity contribution in [1.29, 1.82) is 0 Å². The van der Waals surface area contributed by atoms with Gasteiger partial charge in [0.1, 0.15) is 11.5 Å². The Morgan fingerprint density at radius 3 is 3.00 bits per heavy atom. The maximum absolute atomic E-state index is 11.9. The van der Waals surface area contributed by atoms with Gasteiger partial charge in [-0.05, 0) is 31.6 Å². The molecule has 3 rings (SSSR count). The van der Waals surface area contributed by atoms with Crippen molar-refractivity contribution in [3.8, 4) is 0 Å². The molecular weight excluding hydrogens is 256 g/mol. The van der Waals surface area contributed by atoms with Gasteiger partial charge >= 0.3 is 5.97 Å². The molecule has 6 heteroatoms. The Labute approximate surface area is 117 Å². The number of fused-ring (bicyclic) bond motifs is 1. The fraction of sp³-hybridized carbons (Fsp3) is 0.500.